The number of aromatic nitrogens is 4. The summed E-state index contributed by atoms with van der Waals surface area (Å²) in [6, 6.07) is 13.7. The fourth-order valence-electron chi connectivity index (χ4n) is 3.61. The molecule has 3 aromatic heterocycles. The zero-order chi connectivity index (χ0) is 19.8. The van der Waals surface area contributed by atoms with E-state index >= 15 is 0 Å². The van der Waals surface area contributed by atoms with Crippen LogP contribution < -0.4 is 0 Å². The van der Waals surface area contributed by atoms with Gasteiger partial charge in [0.25, 0.3) is 5.91 Å². The molecule has 4 aromatic rings. The van der Waals surface area contributed by atoms with Crippen LogP contribution in [0.4, 0.5) is 0 Å². The topological polar surface area (TPSA) is 66.3 Å². The number of H-pyrrole nitrogens is 1. The first-order valence-corrected chi connectivity index (χ1v) is 9.28. The first-order valence-electron chi connectivity index (χ1n) is 9.28. The van der Waals surface area contributed by atoms with Crippen molar-refractivity contribution < 1.29 is 4.79 Å². The van der Waals surface area contributed by atoms with Crippen LogP contribution in [0.25, 0.3) is 16.9 Å². The number of imidazole rings is 1. The zero-order valence-electron chi connectivity index (χ0n) is 16.5. The third-order valence-electron chi connectivity index (χ3n) is 5.27. The van der Waals surface area contributed by atoms with E-state index in [9.17, 15) is 4.79 Å². The van der Waals surface area contributed by atoms with Gasteiger partial charge in [-0.05, 0) is 32.9 Å². The molecule has 0 unspecified atom stereocenters. The molecule has 6 heteroatoms. The van der Waals surface area contributed by atoms with Crippen molar-refractivity contribution in [3.05, 3.63) is 77.4 Å². The van der Waals surface area contributed by atoms with Crippen LogP contribution in [-0.2, 0) is 0 Å². The number of benzene rings is 1. The average molecular weight is 373 g/mol. The van der Waals surface area contributed by atoms with Crippen molar-refractivity contribution in [3.8, 4) is 11.3 Å². The summed E-state index contributed by atoms with van der Waals surface area (Å²) in [5, 5.41) is 7.24. The molecule has 1 N–H and O–H groups in total. The van der Waals surface area contributed by atoms with E-state index in [0.717, 1.165) is 33.9 Å². The van der Waals surface area contributed by atoms with E-state index < -0.39 is 0 Å². The number of rotatable bonds is 4. The van der Waals surface area contributed by atoms with Crippen molar-refractivity contribution in [1.82, 2.24) is 24.5 Å². The monoisotopic (exact) mass is 373 g/mol. The van der Waals surface area contributed by atoms with E-state index in [4.69, 9.17) is 0 Å². The number of aromatic amines is 1. The van der Waals surface area contributed by atoms with Gasteiger partial charge in [0, 0.05) is 36.3 Å². The second-order valence-corrected chi connectivity index (χ2v) is 7.12. The second kappa shape index (κ2) is 6.96. The maximum absolute atomic E-state index is 13.1. The Labute approximate surface area is 163 Å². The Bertz CT molecular complexity index is 1120. The van der Waals surface area contributed by atoms with Gasteiger partial charge in [-0.3, -0.25) is 9.89 Å². The molecule has 4 rings (SSSR count). The zero-order valence-corrected chi connectivity index (χ0v) is 16.5. The van der Waals surface area contributed by atoms with E-state index in [2.05, 4.69) is 15.2 Å². The van der Waals surface area contributed by atoms with E-state index in [1.54, 1.807) is 4.90 Å². The highest BCUT2D eigenvalue weighted by atomic mass is 16.2. The van der Waals surface area contributed by atoms with Crippen molar-refractivity contribution in [3.63, 3.8) is 0 Å². The molecule has 6 nitrogen and oxygen atoms in total. The predicted octanol–water partition coefficient (Wildman–Crippen LogP) is 4.17. The third kappa shape index (κ3) is 3.07. The molecule has 0 aliphatic carbocycles. The fourth-order valence-corrected chi connectivity index (χ4v) is 3.61. The number of aryl methyl sites for hydroxylation is 2. The molecule has 0 spiro atoms. The van der Waals surface area contributed by atoms with Gasteiger partial charge in [-0.15, -0.1) is 0 Å². The molecule has 3 heterocycles. The number of hydrogen-bond acceptors (Lipinski definition) is 3. The number of amides is 1. The SMILES string of the molecule is Cc1n[nH]c(C)c1[C@H](C)N(C)C(=O)c1ccc2nc(-c3ccccc3)cn2c1. The molecule has 0 aliphatic heterocycles. The molecule has 1 atom stereocenters. The number of pyridine rings is 1. The van der Waals surface area contributed by atoms with Crippen LogP contribution >= 0.6 is 0 Å². The van der Waals surface area contributed by atoms with Gasteiger partial charge in [0.2, 0.25) is 0 Å². The Morgan fingerprint density at radius 3 is 2.54 bits per heavy atom. The molecule has 28 heavy (non-hydrogen) atoms. The van der Waals surface area contributed by atoms with Gasteiger partial charge in [0.05, 0.1) is 23.0 Å². The van der Waals surface area contributed by atoms with Crippen LogP contribution in [-0.4, -0.2) is 37.4 Å². The molecule has 0 bridgehead atoms. The normalized spacial score (nSPS) is 12.3. The van der Waals surface area contributed by atoms with Gasteiger partial charge in [-0.1, -0.05) is 30.3 Å². The van der Waals surface area contributed by atoms with Crippen LogP contribution in [0, 0.1) is 13.8 Å². The molecule has 142 valence electrons. The summed E-state index contributed by atoms with van der Waals surface area (Å²) in [5.74, 6) is -0.0376. The van der Waals surface area contributed by atoms with Gasteiger partial charge in [0.1, 0.15) is 5.65 Å². The highest BCUT2D eigenvalue weighted by molar-refractivity contribution is 5.94. The van der Waals surface area contributed by atoms with Crippen LogP contribution in [0.2, 0.25) is 0 Å². The first-order chi connectivity index (χ1) is 13.5. The van der Waals surface area contributed by atoms with Crippen molar-refractivity contribution in [2.24, 2.45) is 0 Å². The summed E-state index contributed by atoms with van der Waals surface area (Å²) in [5.41, 5.74) is 6.34. The predicted molar refractivity (Wildman–Crippen MR) is 109 cm³/mol. The van der Waals surface area contributed by atoms with Gasteiger partial charge in [0.15, 0.2) is 0 Å². The third-order valence-corrected chi connectivity index (χ3v) is 5.27. The number of fused-ring (bicyclic) bond motifs is 1. The Balaban J connectivity index is 1.64. The molecular formula is C22H23N5O. The quantitative estimate of drug-likeness (QED) is 0.584. The lowest BCUT2D eigenvalue weighted by atomic mass is 10.0. The van der Waals surface area contributed by atoms with Crippen LogP contribution in [0.5, 0.6) is 0 Å². The Kier molecular flexibility index (Phi) is 4.47. The lowest BCUT2D eigenvalue weighted by molar-refractivity contribution is 0.0741. The minimum atomic E-state index is -0.0791. The highest BCUT2D eigenvalue weighted by Crippen LogP contribution is 2.26. The summed E-state index contributed by atoms with van der Waals surface area (Å²) < 4.78 is 1.91. The van der Waals surface area contributed by atoms with Crippen molar-refractivity contribution in [1.29, 1.82) is 0 Å². The maximum Gasteiger partial charge on any atom is 0.255 e. The molecule has 1 amide bonds. The van der Waals surface area contributed by atoms with Gasteiger partial charge < -0.3 is 9.30 Å². The Morgan fingerprint density at radius 1 is 1.11 bits per heavy atom. The van der Waals surface area contributed by atoms with E-state index in [1.165, 1.54) is 0 Å². The molecule has 0 fully saturated rings. The Hall–Kier alpha value is -3.41. The number of nitrogens with one attached hydrogen (secondary N) is 1. The number of carbonyl (C=O) groups is 1. The number of hydrogen-bond donors (Lipinski definition) is 1. The Morgan fingerprint density at radius 2 is 1.86 bits per heavy atom. The molecule has 0 saturated carbocycles. The lowest BCUT2D eigenvalue weighted by Crippen LogP contribution is -2.30. The smallest absolute Gasteiger partial charge is 0.255 e. The maximum atomic E-state index is 13.1. The van der Waals surface area contributed by atoms with E-state index in [0.29, 0.717) is 5.56 Å². The van der Waals surface area contributed by atoms with Gasteiger partial charge in [-0.2, -0.15) is 5.10 Å². The molecule has 0 saturated heterocycles. The standard InChI is InChI=1S/C22H23N5O/c1-14-21(15(2)25-24-14)16(3)26(4)22(28)18-10-11-20-23-19(13-27(20)12-18)17-8-6-5-7-9-17/h5-13,16H,1-4H3,(H,24,25)/t16-/m0/s1. The second-order valence-electron chi connectivity index (χ2n) is 7.12. The summed E-state index contributed by atoms with van der Waals surface area (Å²) in [7, 11) is 1.83. The largest absolute Gasteiger partial charge is 0.335 e. The summed E-state index contributed by atoms with van der Waals surface area (Å²) in [4.78, 5) is 19.5. The van der Waals surface area contributed by atoms with Gasteiger partial charge >= 0.3 is 0 Å². The molecular weight excluding hydrogens is 350 g/mol. The highest BCUT2D eigenvalue weighted by Gasteiger charge is 2.23. The van der Waals surface area contributed by atoms with Crippen LogP contribution in [0.15, 0.2) is 54.9 Å². The molecule has 1 aromatic carbocycles. The molecule has 0 radical (unpaired) electrons. The van der Waals surface area contributed by atoms with Crippen molar-refractivity contribution in [2.75, 3.05) is 7.05 Å². The van der Waals surface area contributed by atoms with E-state index in [1.807, 2.05) is 87.1 Å². The molecule has 0 aliphatic rings. The fraction of sp³-hybridized carbons (Fsp3) is 0.227. The minimum Gasteiger partial charge on any atom is -0.335 e. The lowest BCUT2D eigenvalue weighted by Gasteiger charge is -2.25. The van der Waals surface area contributed by atoms with Crippen molar-refractivity contribution in [2.45, 2.75) is 26.8 Å². The number of carbonyl (C=O) groups excluding carboxylic acids is 1. The average Bonchev–Trinajstić information content (AvgIpc) is 3.29. The summed E-state index contributed by atoms with van der Waals surface area (Å²) in [6.07, 6.45) is 3.80. The number of nitrogens with zero attached hydrogens (tertiary/aromatic N) is 4. The van der Waals surface area contributed by atoms with Crippen molar-refractivity contribution >= 4 is 11.6 Å². The van der Waals surface area contributed by atoms with Crippen LogP contribution in [0.3, 0.4) is 0 Å². The van der Waals surface area contributed by atoms with Gasteiger partial charge in [-0.25, -0.2) is 4.98 Å². The summed E-state index contributed by atoms with van der Waals surface area (Å²) >= 11 is 0. The van der Waals surface area contributed by atoms with E-state index in [-0.39, 0.29) is 11.9 Å². The first kappa shape index (κ1) is 18.0. The minimum absolute atomic E-state index is 0.0376. The van der Waals surface area contributed by atoms with Crippen LogP contribution in [0.1, 0.15) is 40.3 Å². The summed E-state index contributed by atoms with van der Waals surface area (Å²) in [6.45, 7) is 5.95.